The number of phenolic OH excluding ortho intramolecular Hbond substituents is 1. The van der Waals surface area contributed by atoms with Gasteiger partial charge >= 0.3 is 0 Å². The summed E-state index contributed by atoms with van der Waals surface area (Å²) < 4.78 is 12.8. The van der Waals surface area contributed by atoms with Gasteiger partial charge in [0.15, 0.2) is 0 Å². The number of aliphatic hydroxyl groups is 1. The van der Waals surface area contributed by atoms with Gasteiger partial charge in [0.2, 0.25) is 0 Å². The molecule has 0 saturated carbocycles. The Balaban J connectivity index is 2.46. The Labute approximate surface area is 89.4 Å². The highest BCUT2D eigenvalue weighted by Crippen LogP contribution is 2.20. The van der Waals surface area contributed by atoms with Gasteiger partial charge < -0.3 is 10.2 Å². The Bertz CT molecular complexity index is 312. The lowest BCUT2D eigenvalue weighted by Gasteiger charge is -2.08. The Hall–Kier alpha value is -1.09. The van der Waals surface area contributed by atoms with Gasteiger partial charge in [-0.05, 0) is 48.9 Å². The second-order valence-electron chi connectivity index (χ2n) is 3.95. The molecule has 0 amide bonds. The van der Waals surface area contributed by atoms with Crippen LogP contribution >= 0.6 is 0 Å². The van der Waals surface area contributed by atoms with Crippen LogP contribution in [0.15, 0.2) is 18.2 Å². The number of hydrogen-bond acceptors (Lipinski definition) is 2. The van der Waals surface area contributed by atoms with Gasteiger partial charge in [-0.3, -0.25) is 0 Å². The first-order valence-corrected chi connectivity index (χ1v) is 5.21. The van der Waals surface area contributed by atoms with Crippen molar-refractivity contribution >= 4 is 0 Å². The Morgan fingerprint density at radius 3 is 2.80 bits per heavy atom. The molecule has 0 aromatic heterocycles. The number of rotatable bonds is 5. The molecular weight excluding hydrogens is 195 g/mol. The van der Waals surface area contributed by atoms with Crippen molar-refractivity contribution in [3.8, 4) is 5.75 Å². The van der Waals surface area contributed by atoms with Crippen LogP contribution in [0.25, 0.3) is 0 Å². The van der Waals surface area contributed by atoms with Gasteiger partial charge in [0.05, 0.1) is 0 Å². The van der Waals surface area contributed by atoms with Crippen LogP contribution in [0.4, 0.5) is 4.39 Å². The van der Waals surface area contributed by atoms with Crippen LogP contribution in [0.3, 0.4) is 0 Å². The highest BCUT2D eigenvalue weighted by molar-refractivity contribution is 5.32. The van der Waals surface area contributed by atoms with E-state index in [0.29, 0.717) is 12.0 Å². The van der Waals surface area contributed by atoms with E-state index in [-0.39, 0.29) is 24.1 Å². The fraction of sp³-hybridized carbons (Fsp3) is 0.500. The van der Waals surface area contributed by atoms with Gasteiger partial charge in [0.1, 0.15) is 11.6 Å². The third-order valence-corrected chi connectivity index (χ3v) is 2.50. The fourth-order valence-corrected chi connectivity index (χ4v) is 1.49. The Morgan fingerprint density at radius 2 is 2.13 bits per heavy atom. The van der Waals surface area contributed by atoms with Crippen molar-refractivity contribution in [3.05, 3.63) is 29.6 Å². The number of aromatic hydroxyl groups is 1. The molecule has 2 N–H and O–H groups in total. The third kappa shape index (κ3) is 3.88. The van der Waals surface area contributed by atoms with E-state index in [9.17, 15) is 9.50 Å². The summed E-state index contributed by atoms with van der Waals surface area (Å²) in [6.07, 6.45) is 2.37. The lowest BCUT2D eigenvalue weighted by Crippen LogP contribution is -2.01. The summed E-state index contributed by atoms with van der Waals surface area (Å²) in [7, 11) is 0. The summed E-state index contributed by atoms with van der Waals surface area (Å²) in [6.45, 7) is 2.14. The highest BCUT2D eigenvalue weighted by Gasteiger charge is 2.04. The average molecular weight is 212 g/mol. The molecule has 0 fully saturated rings. The minimum atomic E-state index is -0.321. The smallest absolute Gasteiger partial charge is 0.123 e. The van der Waals surface area contributed by atoms with E-state index in [4.69, 9.17) is 5.11 Å². The van der Waals surface area contributed by atoms with Gasteiger partial charge in [-0.15, -0.1) is 0 Å². The van der Waals surface area contributed by atoms with Gasteiger partial charge in [0.25, 0.3) is 0 Å². The number of hydrogen-bond donors (Lipinski definition) is 2. The maximum atomic E-state index is 12.8. The van der Waals surface area contributed by atoms with Crippen molar-refractivity contribution in [1.29, 1.82) is 0 Å². The predicted molar refractivity (Wildman–Crippen MR) is 57.3 cm³/mol. The lowest BCUT2D eigenvalue weighted by molar-refractivity contribution is 0.228. The molecule has 2 nitrogen and oxygen atoms in total. The van der Waals surface area contributed by atoms with Crippen molar-refractivity contribution in [2.24, 2.45) is 5.92 Å². The highest BCUT2D eigenvalue weighted by atomic mass is 19.1. The molecule has 1 aromatic carbocycles. The van der Waals surface area contributed by atoms with Crippen LogP contribution in [0.2, 0.25) is 0 Å². The largest absolute Gasteiger partial charge is 0.508 e. The summed E-state index contributed by atoms with van der Waals surface area (Å²) in [6, 6.07) is 3.98. The molecule has 1 atom stereocenters. The standard InChI is InChI=1S/C12H17FO2/c1-9(8-14)3-2-4-10-7-11(13)5-6-12(10)15/h5-7,9,14-15H,2-4,8H2,1H3. The van der Waals surface area contributed by atoms with Crippen LogP contribution in [0.5, 0.6) is 5.75 Å². The van der Waals surface area contributed by atoms with Gasteiger partial charge in [-0.1, -0.05) is 6.92 Å². The van der Waals surface area contributed by atoms with Crippen LogP contribution in [-0.4, -0.2) is 16.8 Å². The fourth-order valence-electron chi connectivity index (χ4n) is 1.49. The molecule has 1 unspecified atom stereocenters. The number of aliphatic hydroxyl groups excluding tert-OH is 1. The Morgan fingerprint density at radius 1 is 1.40 bits per heavy atom. The maximum absolute atomic E-state index is 12.8. The maximum Gasteiger partial charge on any atom is 0.123 e. The van der Waals surface area contributed by atoms with E-state index in [1.165, 1.54) is 18.2 Å². The van der Waals surface area contributed by atoms with Crippen molar-refractivity contribution in [3.63, 3.8) is 0 Å². The van der Waals surface area contributed by atoms with E-state index in [1.54, 1.807) is 0 Å². The minimum Gasteiger partial charge on any atom is -0.508 e. The molecule has 0 radical (unpaired) electrons. The summed E-state index contributed by atoms with van der Waals surface area (Å²) in [5, 5.41) is 18.3. The number of benzene rings is 1. The second kappa shape index (κ2) is 5.71. The lowest BCUT2D eigenvalue weighted by atomic mass is 10.0. The molecule has 1 aromatic rings. The zero-order chi connectivity index (χ0) is 11.3. The summed E-state index contributed by atoms with van der Waals surface area (Å²) in [5.41, 5.74) is 0.639. The summed E-state index contributed by atoms with van der Waals surface area (Å²) in [4.78, 5) is 0. The molecule has 0 aliphatic rings. The zero-order valence-electron chi connectivity index (χ0n) is 8.91. The van der Waals surface area contributed by atoms with Crippen LogP contribution < -0.4 is 0 Å². The van der Waals surface area contributed by atoms with Crippen molar-refractivity contribution in [1.82, 2.24) is 0 Å². The predicted octanol–water partition coefficient (Wildman–Crippen LogP) is 2.48. The molecule has 0 heterocycles. The van der Waals surface area contributed by atoms with Crippen LogP contribution in [0, 0.1) is 11.7 Å². The molecule has 0 saturated heterocycles. The summed E-state index contributed by atoms with van der Waals surface area (Å²) in [5.74, 6) is 0.0896. The second-order valence-corrected chi connectivity index (χ2v) is 3.95. The first kappa shape index (κ1) is 12.0. The van der Waals surface area contributed by atoms with Crippen molar-refractivity contribution in [2.75, 3.05) is 6.61 Å². The van der Waals surface area contributed by atoms with E-state index in [1.807, 2.05) is 6.92 Å². The number of aryl methyl sites for hydroxylation is 1. The number of halogens is 1. The SMILES string of the molecule is CC(CO)CCCc1cc(F)ccc1O. The zero-order valence-corrected chi connectivity index (χ0v) is 8.91. The molecule has 84 valence electrons. The molecule has 0 bridgehead atoms. The molecule has 0 aliphatic carbocycles. The Kier molecular flexibility index (Phi) is 4.56. The van der Waals surface area contributed by atoms with Crippen molar-refractivity contribution in [2.45, 2.75) is 26.2 Å². The van der Waals surface area contributed by atoms with Gasteiger partial charge in [0, 0.05) is 6.61 Å². The van der Waals surface area contributed by atoms with Gasteiger partial charge in [-0.25, -0.2) is 4.39 Å². The van der Waals surface area contributed by atoms with E-state index in [0.717, 1.165) is 12.8 Å². The molecule has 1 rings (SSSR count). The molecule has 3 heteroatoms. The average Bonchev–Trinajstić information content (AvgIpc) is 2.23. The summed E-state index contributed by atoms with van der Waals surface area (Å²) >= 11 is 0. The van der Waals surface area contributed by atoms with Crippen LogP contribution in [-0.2, 0) is 6.42 Å². The number of phenols is 1. The van der Waals surface area contributed by atoms with E-state index in [2.05, 4.69) is 0 Å². The topological polar surface area (TPSA) is 40.5 Å². The third-order valence-electron chi connectivity index (χ3n) is 2.50. The monoisotopic (exact) mass is 212 g/mol. The molecule has 15 heavy (non-hydrogen) atoms. The first-order valence-electron chi connectivity index (χ1n) is 5.21. The van der Waals surface area contributed by atoms with Crippen molar-refractivity contribution < 1.29 is 14.6 Å². The normalized spacial score (nSPS) is 12.7. The van der Waals surface area contributed by atoms with Gasteiger partial charge in [-0.2, -0.15) is 0 Å². The minimum absolute atomic E-state index is 0.146. The van der Waals surface area contributed by atoms with Crippen LogP contribution in [0.1, 0.15) is 25.3 Å². The first-order chi connectivity index (χ1) is 7.13. The quantitative estimate of drug-likeness (QED) is 0.787. The molecular formula is C12H17FO2. The molecule has 0 spiro atoms. The molecule has 0 aliphatic heterocycles. The van der Waals surface area contributed by atoms with E-state index < -0.39 is 0 Å². The van der Waals surface area contributed by atoms with E-state index >= 15 is 0 Å².